The third-order valence-corrected chi connectivity index (χ3v) is 3.77. The van der Waals surface area contributed by atoms with Gasteiger partial charge in [-0.15, -0.1) is 0 Å². The molecule has 1 aromatic carbocycles. The Labute approximate surface area is 114 Å². The maximum absolute atomic E-state index is 8.78. The lowest BCUT2D eigenvalue weighted by Gasteiger charge is -2.32. The normalized spacial score (nSPS) is 19.9. The van der Waals surface area contributed by atoms with Gasteiger partial charge in [0, 0.05) is 6.04 Å². The van der Waals surface area contributed by atoms with Gasteiger partial charge in [0.25, 0.3) is 0 Å². The molecule has 0 spiro atoms. The number of piperidine rings is 1. The predicted octanol–water partition coefficient (Wildman–Crippen LogP) is 2.39. The summed E-state index contributed by atoms with van der Waals surface area (Å²) < 4.78 is 5.73. The van der Waals surface area contributed by atoms with Crippen LogP contribution >= 0.6 is 0 Å². The summed E-state index contributed by atoms with van der Waals surface area (Å²) in [6.45, 7) is 1.86. The number of hydrogen-bond acceptors (Lipinski definition) is 4. The van der Waals surface area contributed by atoms with Gasteiger partial charge in [-0.25, -0.2) is 0 Å². The molecule has 0 radical (unpaired) electrons. The van der Waals surface area contributed by atoms with Gasteiger partial charge >= 0.3 is 0 Å². The quantitative estimate of drug-likeness (QED) is 0.843. The first-order chi connectivity index (χ1) is 9.20. The first-order valence-corrected chi connectivity index (χ1v) is 6.83. The van der Waals surface area contributed by atoms with Crippen molar-refractivity contribution in [2.75, 3.05) is 25.9 Å². The lowest BCUT2D eigenvalue weighted by atomic mass is 10.0. The van der Waals surface area contributed by atoms with Crippen molar-refractivity contribution in [2.24, 2.45) is 0 Å². The van der Waals surface area contributed by atoms with E-state index in [0.29, 0.717) is 29.6 Å². The first kappa shape index (κ1) is 13.7. The van der Waals surface area contributed by atoms with Gasteiger partial charge < -0.3 is 15.4 Å². The topological polar surface area (TPSA) is 62.3 Å². The monoisotopic (exact) mass is 259 g/mol. The zero-order valence-electron chi connectivity index (χ0n) is 11.4. The Morgan fingerprint density at radius 3 is 3.00 bits per heavy atom. The smallest absolute Gasteiger partial charge is 0.142 e. The molecule has 1 saturated heterocycles. The zero-order valence-corrected chi connectivity index (χ0v) is 11.4. The number of rotatable bonds is 4. The van der Waals surface area contributed by atoms with Crippen LogP contribution in [0.25, 0.3) is 0 Å². The van der Waals surface area contributed by atoms with Crippen LogP contribution in [0, 0.1) is 11.3 Å². The molecule has 0 aliphatic carbocycles. The number of nitrogens with zero attached hydrogens (tertiary/aromatic N) is 2. The average Bonchev–Trinajstić information content (AvgIpc) is 2.42. The summed E-state index contributed by atoms with van der Waals surface area (Å²) >= 11 is 0. The van der Waals surface area contributed by atoms with Gasteiger partial charge in [-0.05, 0) is 51.1 Å². The van der Waals surface area contributed by atoms with E-state index in [0.717, 1.165) is 6.42 Å². The number of nitrogen functional groups attached to an aromatic ring is 1. The zero-order chi connectivity index (χ0) is 13.7. The van der Waals surface area contributed by atoms with E-state index in [9.17, 15) is 0 Å². The molecule has 102 valence electrons. The van der Waals surface area contributed by atoms with E-state index in [1.807, 2.05) is 0 Å². The van der Waals surface area contributed by atoms with Gasteiger partial charge in [-0.2, -0.15) is 5.26 Å². The Hall–Kier alpha value is -1.73. The third-order valence-electron chi connectivity index (χ3n) is 3.77. The summed E-state index contributed by atoms with van der Waals surface area (Å²) in [6, 6.07) is 7.85. The van der Waals surface area contributed by atoms with E-state index in [-0.39, 0.29) is 0 Å². The molecule has 0 bridgehead atoms. The second-order valence-corrected chi connectivity index (χ2v) is 5.13. The molecule has 1 aromatic rings. The third kappa shape index (κ3) is 3.62. The van der Waals surface area contributed by atoms with E-state index in [4.69, 9.17) is 15.7 Å². The molecule has 4 nitrogen and oxygen atoms in total. The average molecular weight is 259 g/mol. The summed E-state index contributed by atoms with van der Waals surface area (Å²) in [5, 5.41) is 8.78. The van der Waals surface area contributed by atoms with Crippen molar-refractivity contribution < 1.29 is 4.74 Å². The van der Waals surface area contributed by atoms with Crippen LogP contribution in [0.3, 0.4) is 0 Å². The predicted molar refractivity (Wildman–Crippen MR) is 76.0 cm³/mol. The van der Waals surface area contributed by atoms with Crippen LogP contribution in [-0.2, 0) is 0 Å². The molecule has 1 atom stereocenters. The molecule has 1 unspecified atom stereocenters. The van der Waals surface area contributed by atoms with Crippen LogP contribution in [0.4, 0.5) is 5.69 Å². The largest absolute Gasteiger partial charge is 0.491 e. The molecule has 4 heteroatoms. The van der Waals surface area contributed by atoms with Gasteiger partial charge in [0.2, 0.25) is 0 Å². The fourth-order valence-electron chi connectivity index (χ4n) is 2.56. The van der Waals surface area contributed by atoms with Gasteiger partial charge in [0.1, 0.15) is 5.75 Å². The summed E-state index contributed by atoms with van der Waals surface area (Å²) in [5.41, 5.74) is 6.96. The summed E-state index contributed by atoms with van der Waals surface area (Å²) in [5.74, 6) is 0.678. The Kier molecular flexibility index (Phi) is 4.64. The first-order valence-electron chi connectivity index (χ1n) is 6.83. The van der Waals surface area contributed by atoms with Crippen molar-refractivity contribution in [3.8, 4) is 11.8 Å². The highest BCUT2D eigenvalue weighted by Crippen LogP contribution is 2.23. The lowest BCUT2D eigenvalue weighted by Crippen LogP contribution is -2.37. The fraction of sp³-hybridized carbons (Fsp3) is 0.533. The molecule has 19 heavy (non-hydrogen) atoms. The Bertz CT molecular complexity index is 467. The second-order valence-electron chi connectivity index (χ2n) is 5.13. The Balaban J connectivity index is 1.84. The minimum absolute atomic E-state index is 0.538. The van der Waals surface area contributed by atoms with Crippen LogP contribution in [0.5, 0.6) is 5.75 Å². The molecule has 1 heterocycles. The van der Waals surface area contributed by atoms with Crippen LogP contribution in [0.15, 0.2) is 18.2 Å². The molecular formula is C15H21N3O. The molecule has 0 amide bonds. The Morgan fingerprint density at radius 1 is 1.47 bits per heavy atom. The van der Waals surface area contributed by atoms with Crippen LogP contribution in [-0.4, -0.2) is 31.1 Å². The summed E-state index contributed by atoms with van der Waals surface area (Å²) in [7, 11) is 2.18. The van der Waals surface area contributed by atoms with Crippen molar-refractivity contribution in [1.82, 2.24) is 4.90 Å². The minimum atomic E-state index is 0.538. The maximum atomic E-state index is 8.78. The van der Waals surface area contributed by atoms with Crippen molar-refractivity contribution in [3.63, 3.8) is 0 Å². The van der Waals surface area contributed by atoms with E-state index in [1.165, 1.54) is 25.8 Å². The van der Waals surface area contributed by atoms with Gasteiger partial charge in [0.15, 0.2) is 0 Å². The number of hydrogen-bond donors (Lipinski definition) is 1. The van der Waals surface area contributed by atoms with Crippen LogP contribution in [0.2, 0.25) is 0 Å². The lowest BCUT2D eigenvalue weighted by molar-refractivity contribution is 0.153. The number of likely N-dealkylation sites (tertiary alicyclic amines) is 1. The number of ether oxygens (including phenoxy) is 1. The fourth-order valence-corrected chi connectivity index (χ4v) is 2.56. The van der Waals surface area contributed by atoms with Crippen molar-refractivity contribution >= 4 is 5.69 Å². The molecule has 1 fully saturated rings. The van der Waals surface area contributed by atoms with Gasteiger partial charge in [0.05, 0.1) is 23.9 Å². The Morgan fingerprint density at radius 2 is 2.32 bits per heavy atom. The van der Waals surface area contributed by atoms with Gasteiger partial charge in [-0.1, -0.05) is 6.42 Å². The van der Waals surface area contributed by atoms with Crippen molar-refractivity contribution in [1.29, 1.82) is 5.26 Å². The van der Waals surface area contributed by atoms with E-state index >= 15 is 0 Å². The molecule has 2 N–H and O–H groups in total. The molecule has 2 rings (SSSR count). The molecular weight excluding hydrogens is 238 g/mol. The molecule has 1 aliphatic rings. The van der Waals surface area contributed by atoms with Crippen LogP contribution < -0.4 is 10.5 Å². The van der Waals surface area contributed by atoms with Crippen molar-refractivity contribution in [2.45, 2.75) is 31.7 Å². The number of anilines is 1. The van der Waals surface area contributed by atoms with Gasteiger partial charge in [-0.3, -0.25) is 0 Å². The maximum Gasteiger partial charge on any atom is 0.142 e. The number of nitrogens with two attached hydrogens (primary N) is 1. The standard InChI is InChI=1S/C15H21N3O/c1-18-8-3-2-4-13(18)7-9-19-15-6-5-12(11-16)10-14(15)17/h5-6,10,13H,2-4,7-9,17H2,1H3. The highest BCUT2D eigenvalue weighted by molar-refractivity contribution is 5.56. The second kappa shape index (κ2) is 6.44. The number of nitriles is 1. The van der Waals surface area contributed by atoms with E-state index in [1.54, 1.807) is 18.2 Å². The molecule has 0 aromatic heterocycles. The SMILES string of the molecule is CN1CCCCC1CCOc1ccc(C#N)cc1N. The number of benzene rings is 1. The molecule has 0 saturated carbocycles. The highest BCUT2D eigenvalue weighted by Gasteiger charge is 2.18. The minimum Gasteiger partial charge on any atom is -0.491 e. The van der Waals surface area contributed by atoms with Crippen molar-refractivity contribution in [3.05, 3.63) is 23.8 Å². The van der Waals surface area contributed by atoms with Crippen LogP contribution in [0.1, 0.15) is 31.2 Å². The highest BCUT2D eigenvalue weighted by atomic mass is 16.5. The molecule has 1 aliphatic heterocycles. The summed E-state index contributed by atoms with van der Waals surface area (Å²) in [4.78, 5) is 2.41. The van der Waals surface area contributed by atoms with E-state index in [2.05, 4.69) is 18.0 Å². The summed E-state index contributed by atoms with van der Waals surface area (Å²) in [6.07, 6.45) is 4.89. The van der Waals surface area contributed by atoms with E-state index < -0.39 is 0 Å².